The van der Waals surface area contributed by atoms with Crippen molar-refractivity contribution in [1.29, 1.82) is 0 Å². The molecule has 1 N–H and O–H groups in total. The average Bonchev–Trinajstić information content (AvgIpc) is 2.16. The van der Waals surface area contributed by atoms with Gasteiger partial charge in [-0.05, 0) is 25.1 Å². The van der Waals surface area contributed by atoms with E-state index in [0.717, 1.165) is 17.8 Å². The zero-order valence-corrected chi connectivity index (χ0v) is 10.5. The van der Waals surface area contributed by atoms with Gasteiger partial charge in [0.2, 0.25) is 0 Å². The van der Waals surface area contributed by atoms with E-state index in [4.69, 9.17) is 0 Å². The molecule has 0 radical (unpaired) electrons. The molecule has 1 nitrogen and oxygen atoms in total. The van der Waals surface area contributed by atoms with Crippen molar-refractivity contribution >= 4 is 11.8 Å². The maximum absolute atomic E-state index is 3.67. The largest absolute Gasteiger partial charge is 0.313 e. The summed E-state index contributed by atoms with van der Waals surface area (Å²) in [4.78, 5) is 0. The van der Waals surface area contributed by atoms with E-state index >= 15 is 0 Å². The lowest BCUT2D eigenvalue weighted by molar-refractivity contribution is 0.406. The third kappa shape index (κ3) is 4.22. The number of hydrogen-bond acceptors (Lipinski definition) is 2. The van der Waals surface area contributed by atoms with Gasteiger partial charge in [0, 0.05) is 11.3 Å². The molecule has 1 saturated carbocycles. The lowest BCUT2D eigenvalue weighted by atomic mass is 9.96. The maximum Gasteiger partial charge on any atom is 0.0201 e. The van der Waals surface area contributed by atoms with Crippen LogP contribution in [0.4, 0.5) is 0 Å². The molecule has 1 aliphatic rings. The van der Waals surface area contributed by atoms with Crippen LogP contribution in [-0.2, 0) is 0 Å². The van der Waals surface area contributed by atoms with Crippen LogP contribution in [0.3, 0.4) is 0 Å². The molecule has 0 heterocycles. The summed E-state index contributed by atoms with van der Waals surface area (Å²) in [7, 11) is 0. The fourth-order valence-electron chi connectivity index (χ4n) is 2.36. The third-order valence-corrected chi connectivity index (χ3v) is 4.38. The van der Waals surface area contributed by atoms with Crippen LogP contribution in [0.1, 0.15) is 52.4 Å². The van der Waals surface area contributed by atoms with Crippen molar-refractivity contribution < 1.29 is 0 Å². The van der Waals surface area contributed by atoms with E-state index in [1.165, 1.54) is 44.3 Å². The Balaban J connectivity index is 2.42. The first-order chi connectivity index (χ1) is 6.88. The van der Waals surface area contributed by atoms with Crippen LogP contribution in [0.5, 0.6) is 0 Å². The SMILES string of the molecule is CCNC1CCCCCCC1SCC. The van der Waals surface area contributed by atoms with E-state index in [-0.39, 0.29) is 0 Å². The molecule has 1 aliphatic carbocycles. The number of nitrogens with one attached hydrogen (secondary N) is 1. The Kier molecular flexibility index (Phi) is 6.70. The minimum atomic E-state index is 0.783. The first kappa shape index (κ1) is 12.4. The highest BCUT2D eigenvalue weighted by molar-refractivity contribution is 7.99. The van der Waals surface area contributed by atoms with Crippen molar-refractivity contribution in [3.05, 3.63) is 0 Å². The van der Waals surface area contributed by atoms with E-state index < -0.39 is 0 Å². The summed E-state index contributed by atoms with van der Waals surface area (Å²) in [5, 5.41) is 4.54. The van der Waals surface area contributed by atoms with E-state index in [1.54, 1.807) is 0 Å². The maximum atomic E-state index is 3.67. The van der Waals surface area contributed by atoms with Crippen molar-refractivity contribution in [3.8, 4) is 0 Å². The Morgan fingerprint density at radius 1 is 1.07 bits per heavy atom. The summed E-state index contributed by atoms with van der Waals surface area (Å²) in [6.07, 6.45) is 8.60. The summed E-state index contributed by atoms with van der Waals surface area (Å²) in [5.74, 6) is 1.27. The van der Waals surface area contributed by atoms with Crippen LogP contribution in [0.2, 0.25) is 0 Å². The normalized spacial score (nSPS) is 29.6. The van der Waals surface area contributed by atoms with E-state index in [0.29, 0.717) is 0 Å². The number of rotatable bonds is 4. The minimum absolute atomic E-state index is 0.783. The number of hydrogen-bond donors (Lipinski definition) is 1. The monoisotopic (exact) mass is 215 g/mol. The topological polar surface area (TPSA) is 12.0 Å². The van der Waals surface area contributed by atoms with Gasteiger partial charge in [-0.3, -0.25) is 0 Å². The molecule has 2 unspecified atom stereocenters. The smallest absolute Gasteiger partial charge is 0.0201 e. The van der Waals surface area contributed by atoms with Crippen LogP contribution in [0.15, 0.2) is 0 Å². The van der Waals surface area contributed by atoms with Crippen LogP contribution in [0, 0.1) is 0 Å². The lowest BCUT2D eigenvalue weighted by Crippen LogP contribution is -2.38. The number of thioether (sulfide) groups is 1. The van der Waals surface area contributed by atoms with Gasteiger partial charge in [-0.2, -0.15) is 11.8 Å². The summed E-state index contributed by atoms with van der Waals surface area (Å²) in [6.45, 7) is 5.64. The summed E-state index contributed by atoms with van der Waals surface area (Å²) < 4.78 is 0. The van der Waals surface area contributed by atoms with Crippen molar-refractivity contribution in [1.82, 2.24) is 5.32 Å². The molecule has 14 heavy (non-hydrogen) atoms. The van der Waals surface area contributed by atoms with Crippen LogP contribution >= 0.6 is 11.8 Å². The van der Waals surface area contributed by atoms with E-state index in [1.807, 2.05) is 0 Å². The molecule has 2 atom stereocenters. The molecule has 0 aromatic rings. The molecule has 0 aliphatic heterocycles. The summed E-state index contributed by atoms with van der Waals surface area (Å²) in [6, 6.07) is 0.783. The molecule has 1 rings (SSSR count). The zero-order valence-electron chi connectivity index (χ0n) is 9.72. The second-order valence-electron chi connectivity index (χ2n) is 4.15. The first-order valence-corrected chi connectivity index (χ1v) is 7.28. The van der Waals surface area contributed by atoms with E-state index in [2.05, 4.69) is 30.9 Å². The highest BCUT2D eigenvalue weighted by Crippen LogP contribution is 2.26. The Bertz CT molecular complexity index is 122. The van der Waals surface area contributed by atoms with Gasteiger partial charge in [0.1, 0.15) is 0 Å². The zero-order chi connectivity index (χ0) is 10.2. The minimum Gasteiger partial charge on any atom is -0.313 e. The Labute approximate surface area is 93.4 Å². The summed E-state index contributed by atoms with van der Waals surface area (Å²) in [5.41, 5.74) is 0. The molecule has 84 valence electrons. The molecule has 1 fully saturated rings. The van der Waals surface area contributed by atoms with Gasteiger partial charge >= 0.3 is 0 Å². The first-order valence-electron chi connectivity index (χ1n) is 6.23. The van der Waals surface area contributed by atoms with Gasteiger partial charge in [0.25, 0.3) is 0 Å². The van der Waals surface area contributed by atoms with E-state index in [9.17, 15) is 0 Å². The predicted molar refractivity (Wildman–Crippen MR) is 67.1 cm³/mol. The van der Waals surface area contributed by atoms with Crippen molar-refractivity contribution in [2.75, 3.05) is 12.3 Å². The summed E-state index contributed by atoms with van der Waals surface area (Å²) >= 11 is 2.16. The fourth-order valence-corrected chi connectivity index (χ4v) is 3.59. The van der Waals surface area contributed by atoms with Gasteiger partial charge in [0.15, 0.2) is 0 Å². The van der Waals surface area contributed by atoms with Crippen LogP contribution in [-0.4, -0.2) is 23.6 Å². The molecular weight excluding hydrogens is 190 g/mol. The van der Waals surface area contributed by atoms with Gasteiger partial charge in [0.05, 0.1) is 0 Å². The van der Waals surface area contributed by atoms with Gasteiger partial charge in [-0.25, -0.2) is 0 Å². The van der Waals surface area contributed by atoms with Crippen LogP contribution < -0.4 is 5.32 Å². The molecule has 0 saturated heterocycles. The third-order valence-electron chi connectivity index (χ3n) is 3.05. The quantitative estimate of drug-likeness (QED) is 0.771. The Hall–Kier alpha value is 0.310. The van der Waals surface area contributed by atoms with Gasteiger partial charge in [-0.15, -0.1) is 0 Å². The predicted octanol–water partition coefficient (Wildman–Crippen LogP) is 3.44. The average molecular weight is 215 g/mol. The molecular formula is C12H25NS. The molecule has 0 aromatic carbocycles. The molecule has 0 bridgehead atoms. The fraction of sp³-hybridized carbons (Fsp3) is 1.00. The van der Waals surface area contributed by atoms with Crippen LogP contribution in [0.25, 0.3) is 0 Å². The molecule has 2 heteroatoms. The second-order valence-corrected chi connectivity index (χ2v) is 5.67. The van der Waals surface area contributed by atoms with Gasteiger partial charge in [-0.1, -0.05) is 39.5 Å². The second kappa shape index (κ2) is 7.58. The molecule has 0 amide bonds. The molecule has 0 spiro atoms. The van der Waals surface area contributed by atoms with Crippen molar-refractivity contribution in [2.24, 2.45) is 0 Å². The van der Waals surface area contributed by atoms with Crippen molar-refractivity contribution in [3.63, 3.8) is 0 Å². The standard InChI is InChI=1S/C12H25NS/c1-3-13-11-9-7-5-6-8-10-12(11)14-4-2/h11-13H,3-10H2,1-2H3. The Morgan fingerprint density at radius 3 is 2.43 bits per heavy atom. The lowest BCUT2D eigenvalue weighted by Gasteiger charge is -2.29. The highest BCUT2D eigenvalue weighted by atomic mass is 32.2. The Morgan fingerprint density at radius 2 is 1.79 bits per heavy atom. The van der Waals surface area contributed by atoms with Crippen molar-refractivity contribution in [2.45, 2.75) is 63.7 Å². The van der Waals surface area contributed by atoms with Gasteiger partial charge < -0.3 is 5.32 Å². The molecule has 0 aromatic heterocycles. The highest BCUT2D eigenvalue weighted by Gasteiger charge is 2.21.